The van der Waals surface area contributed by atoms with E-state index < -0.39 is 17.6 Å². The van der Waals surface area contributed by atoms with E-state index in [0.717, 1.165) is 6.07 Å². The summed E-state index contributed by atoms with van der Waals surface area (Å²) in [5.74, 6) is -2.96. The second-order valence-electron chi connectivity index (χ2n) is 3.40. The summed E-state index contributed by atoms with van der Waals surface area (Å²) >= 11 is 0. The number of fused-ring (bicyclic) bond motifs is 1. The summed E-state index contributed by atoms with van der Waals surface area (Å²) in [7, 11) is 0. The van der Waals surface area contributed by atoms with Crippen molar-refractivity contribution in [1.29, 1.82) is 0 Å². The zero-order chi connectivity index (χ0) is 11.9. The van der Waals surface area contributed by atoms with E-state index in [9.17, 15) is 13.6 Å². The molecule has 0 aliphatic rings. The van der Waals surface area contributed by atoms with Crippen molar-refractivity contribution in [3.8, 4) is 0 Å². The lowest BCUT2D eigenvalue weighted by Crippen LogP contribution is -2.02. The highest BCUT2D eigenvalue weighted by atomic mass is 19.1. The van der Waals surface area contributed by atoms with Gasteiger partial charge >= 0.3 is 5.97 Å². The number of hydrogen-bond acceptors (Lipinski definition) is 2. The Morgan fingerprint density at radius 1 is 1.31 bits per heavy atom. The number of benzene rings is 1. The molecule has 0 bridgehead atoms. The van der Waals surface area contributed by atoms with Gasteiger partial charge in [0.1, 0.15) is 11.6 Å². The van der Waals surface area contributed by atoms with Crippen molar-refractivity contribution >= 4 is 16.9 Å². The van der Waals surface area contributed by atoms with Crippen LogP contribution in [0.25, 0.3) is 10.9 Å². The summed E-state index contributed by atoms with van der Waals surface area (Å²) in [5.41, 5.74) is 0.199. The summed E-state index contributed by atoms with van der Waals surface area (Å²) < 4.78 is 26.4. The molecule has 1 aromatic heterocycles. The smallest absolute Gasteiger partial charge is 0.336 e. The van der Waals surface area contributed by atoms with Gasteiger partial charge in [-0.05, 0) is 13.0 Å². The molecule has 0 aliphatic heterocycles. The zero-order valence-corrected chi connectivity index (χ0v) is 8.29. The number of aryl methyl sites for hydroxylation is 1. The molecular weight excluding hydrogens is 216 g/mol. The maximum atomic E-state index is 13.5. The lowest BCUT2D eigenvalue weighted by molar-refractivity contribution is 0.0698. The van der Waals surface area contributed by atoms with E-state index in [1.807, 2.05) is 0 Å². The van der Waals surface area contributed by atoms with Crippen LogP contribution in [0.1, 0.15) is 16.1 Å². The quantitative estimate of drug-likeness (QED) is 0.808. The highest BCUT2D eigenvalue weighted by molar-refractivity contribution is 6.02. The predicted octanol–water partition coefficient (Wildman–Crippen LogP) is 2.52. The van der Waals surface area contributed by atoms with Gasteiger partial charge in [0, 0.05) is 17.8 Å². The number of aromatic nitrogens is 1. The Balaban J connectivity index is 2.95. The molecule has 0 saturated carbocycles. The fourth-order valence-corrected chi connectivity index (χ4v) is 1.59. The van der Waals surface area contributed by atoms with Crippen LogP contribution in [0.3, 0.4) is 0 Å². The molecule has 0 radical (unpaired) electrons. The standard InChI is InChI=1S/C11H7F2NO2/c1-5-2-7(11(15)16)10-8(13)3-6(12)4-9(10)14-5/h2-4H,1H3,(H,15,16). The molecule has 0 aliphatic carbocycles. The molecule has 5 heteroatoms. The summed E-state index contributed by atoms with van der Waals surface area (Å²) in [6.07, 6.45) is 0. The molecule has 1 aromatic carbocycles. The van der Waals surface area contributed by atoms with Gasteiger partial charge in [-0.2, -0.15) is 0 Å². The second kappa shape index (κ2) is 3.52. The maximum Gasteiger partial charge on any atom is 0.336 e. The van der Waals surface area contributed by atoms with Gasteiger partial charge in [0.25, 0.3) is 0 Å². The number of pyridine rings is 1. The van der Waals surface area contributed by atoms with Crippen LogP contribution in [0.2, 0.25) is 0 Å². The van der Waals surface area contributed by atoms with Crippen LogP contribution < -0.4 is 0 Å². The Bertz CT molecular complexity index is 591. The first kappa shape index (κ1) is 10.5. The van der Waals surface area contributed by atoms with Crippen LogP contribution in [0.15, 0.2) is 18.2 Å². The van der Waals surface area contributed by atoms with Crippen LogP contribution in [-0.4, -0.2) is 16.1 Å². The fraction of sp³-hybridized carbons (Fsp3) is 0.0909. The van der Waals surface area contributed by atoms with Crippen molar-refractivity contribution in [3.63, 3.8) is 0 Å². The number of carboxylic acid groups (broad SMARTS) is 1. The third-order valence-corrected chi connectivity index (χ3v) is 2.18. The second-order valence-corrected chi connectivity index (χ2v) is 3.40. The van der Waals surface area contributed by atoms with Gasteiger partial charge in [-0.25, -0.2) is 13.6 Å². The van der Waals surface area contributed by atoms with Crippen molar-refractivity contribution in [2.45, 2.75) is 6.92 Å². The third-order valence-electron chi connectivity index (χ3n) is 2.18. The monoisotopic (exact) mass is 223 g/mol. The summed E-state index contributed by atoms with van der Waals surface area (Å²) in [4.78, 5) is 14.8. The lowest BCUT2D eigenvalue weighted by atomic mass is 10.1. The molecule has 2 aromatic rings. The Kier molecular flexibility index (Phi) is 2.30. The highest BCUT2D eigenvalue weighted by Gasteiger charge is 2.15. The predicted molar refractivity (Wildman–Crippen MR) is 53.4 cm³/mol. The maximum absolute atomic E-state index is 13.5. The van der Waals surface area contributed by atoms with E-state index in [1.165, 1.54) is 6.07 Å². The minimum Gasteiger partial charge on any atom is -0.478 e. The first-order valence-corrected chi connectivity index (χ1v) is 4.48. The van der Waals surface area contributed by atoms with Crippen molar-refractivity contribution < 1.29 is 18.7 Å². The van der Waals surface area contributed by atoms with Gasteiger partial charge in [-0.3, -0.25) is 4.98 Å². The molecule has 0 amide bonds. The highest BCUT2D eigenvalue weighted by Crippen LogP contribution is 2.23. The number of rotatable bonds is 1. The lowest BCUT2D eigenvalue weighted by Gasteiger charge is -2.05. The normalized spacial score (nSPS) is 10.7. The van der Waals surface area contributed by atoms with E-state index in [0.29, 0.717) is 11.8 Å². The van der Waals surface area contributed by atoms with Gasteiger partial charge in [0.05, 0.1) is 16.5 Å². The molecule has 2 rings (SSSR count). The van der Waals surface area contributed by atoms with E-state index >= 15 is 0 Å². The van der Waals surface area contributed by atoms with Crippen molar-refractivity contribution in [1.82, 2.24) is 4.98 Å². The number of nitrogens with zero attached hydrogens (tertiary/aromatic N) is 1. The molecule has 1 heterocycles. The Hall–Kier alpha value is -2.04. The first-order valence-electron chi connectivity index (χ1n) is 4.48. The van der Waals surface area contributed by atoms with Gasteiger partial charge in [0.2, 0.25) is 0 Å². The Morgan fingerprint density at radius 3 is 2.62 bits per heavy atom. The van der Waals surface area contributed by atoms with Crippen molar-refractivity contribution in [2.24, 2.45) is 0 Å². The average Bonchev–Trinajstić information content (AvgIpc) is 2.14. The molecule has 16 heavy (non-hydrogen) atoms. The summed E-state index contributed by atoms with van der Waals surface area (Å²) in [6, 6.07) is 2.91. The first-order chi connectivity index (χ1) is 7.49. The van der Waals surface area contributed by atoms with Crippen LogP contribution in [0, 0.1) is 18.6 Å². The summed E-state index contributed by atoms with van der Waals surface area (Å²) in [5, 5.41) is 8.75. The van der Waals surface area contributed by atoms with Gasteiger partial charge in [-0.15, -0.1) is 0 Å². The minimum absolute atomic E-state index is 0.00917. The van der Waals surface area contributed by atoms with E-state index in [1.54, 1.807) is 6.92 Å². The molecule has 0 unspecified atom stereocenters. The number of carboxylic acids is 1. The number of aromatic carboxylic acids is 1. The molecule has 1 N–H and O–H groups in total. The van der Waals surface area contributed by atoms with Gasteiger partial charge < -0.3 is 5.11 Å². The third kappa shape index (κ3) is 1.60. The van der Waals surface area contributed by atoms with Crippen molar-refractivity contribution in [3.05, 3.63) is 41.1 Å². The van der Waals surface area contributed by atoms with Crippen LogP contribution >= 0.6 is 0 Å². The molecule has 0 atom stereocenters. The molecular formula is C11H7F2NO2. The number of halogens is 2. The Morgan fingerprint density at radius 2 is 2.00 bits per heavy atom. The van der Waals surface area contributed by atoms with E-state index in [2.05, 4.69) is 4.98 Å². The van der Waals surface area contributed by atoms with E-state index in [-0.39, 0.29) is 16.5 Å². The largest absolute Gasteiger partial charge is 0.478 e. The Labute approximate surface area is 89.3 Å². The van der Waals surface area contributed by atoms with Crippen LogP contribution in [0.5, 0.6) is 0 Å². The molecule has 0 saturated heterocycles. The van der Waals surface area contributed by atoms with Crippen LogP contribution in [0.4, 0.5) is 8.78 Å². The van der Waals surface area contributed by atoms with Gasteiger partial charge in [-0.1, -0.05) is 0 Å². The van der Waals surface area contributed by atoms with Crippen molar-refractivity contribution in [2.75, 3.05) is 0 Å². The van der Waals surface area contributed by atoms with E-state index in [4.69, 9.17) is 5.11 Å². The molecule has 0 spiro atoms. The molecule has 0 fully saturated rings. The molecule has 3 nitrogen and oxygen atoms in total. The zero-order valence-electron chi connectivity index (χ0n) is 8.29. The van der Waals surface area contributed by atoms with Crippen LogP contribution in [-0.2, 0) is 0 Å². The number of hydrogen-bond donors (Lipinski definition) is 1. The summed E-state index contributed by atoms with van der Waals surface area (Å²) in [6.45, 7) is 1.56. The van der Waals surface area contributed by atoms with Gasteiger partial charge in [0.15, 0.2) is 0 Å². The minimum atomic E-state index is -1.26. The topological polar surface area (TPSA) is 50.2 Å². The molecule has 82 valence electrons. The SMILES string of the molecule is Cc1cc(C(=O)O)c2c(F)cc(F)cc2n1. The fourth-order valence-electron chi connectivity index (χ4n) is 1.59. The average molecular weight is 223 g/mol. The number of carbonyl (C=O) groups is 1.